The van der Waals surface area contributed by atoms with Gasteiger partial charge in [-0.25, -0.2) is 9.97 Å². The highest BCUT2D eigenvalue weighted by molar-refractivity contribution is 7.99. The Hall–Kier alpha value is -3.00. The van der Waals surface area contributed by atoms with Crippen molar-refractivity contribution in [1.29, 1.82) is 0 Å². The molecule has 0 aliphatic carbocycles. The Balaban J connectivity index is 1.96. The summed E-state index contributed by atoms with van der Waals surface area (Å²) in [6.45, 7) is 1.98. The molecule has 8 heteroatoms. The van der Waals surface area contributed by atoms with Crippen molar-refractivity contribution in [2.45, 2.75) is 16.8 Å². The van der Waals surface area contributed by atoms with Crippen molar-refractivity contribution in [3.05, 3.63) is 70.8 Å². The van der Waals surface area contributed by atoms with Gasteiger partial charge in [0, 0.05) is 11.1 Å². The third-order valence-corrected chi connectivity index (χ3v) is 4.13. The number of nitro groups is 1. The maximum absolute atomic E-state index is 11.5. The summed E-state index contributed by atoms with van der Waals surface area (Å²) in [5.41, 5.74) is 1.58. The Morgan fingerprint density at radius 3 is 2.62 bits per heavy atom. The van der Waals surface area contributed by atoms with Gasteiger partial charge in [0.05, 0.1) is 16.8 Å². The molecule has 0 radical (unpaired) electrons. The van der Waals surface area contributed by atoms with Gasteiger partial charge in [-0.3, -0.25) is 15.1 Å². The minimum absolute atomic E-state index is 0.137. The zero-order chi connectivity index (χ0) is 16.9. The van der Waals surface area contributed by atoms with Crippen LogP contribution in [0.1, 0.15) is 5.56 Å². The SMILES string of the molecule is Cc1ccc(Sc2ncnc(Nc3cccnc3)c2[N+](=O)[O-])cc1. The predicted octanol–water partition coefficient (Wildman–Crippen LogP) is 3.98. The molecule has 0 saturated carbocycles. The first-order valence-electron chi connectivity index (χ1n) is 7.04. The van der Waals surface area contributed by atoms with Crippen LogP contribution in [0, 0.1) is 17.0 Å². The van der Waals surface area contributed by atoms with E-state index in [1.165, 1.54) is 18.1 Å². The first-order chi connectivity index (χ1) is 11.6. The van der Waals surface area contributed by atoms with E-state index < -0.39 is 4.92 Å². The van der Waals surface area contributed by atoms with E-state index in [9.17, 15) is 10.1 Å². The van der Waals surface area contributed by atoms with Crippen LogP contribution in [0.3, 0.4) is 0 Å². The highest BCUT2D eigenvalue weighted by Gasteiger charge is 2.23. The summed E-state index contributed by atoms with van der Waals surface area (Å²) in [5, 5.41) is 14.7. The fourth-order valence-electron chi connectivity index (χ4n) is 1.98. The smallest absolute Gasteiger partial charge is 0.333 e. The summed E-state index contributed by atoms with van der Waals surface area (Å²) in [7, 11) is 0. The zero-order valence-electron chi connectivity index (χ0n) is 12.7. The molecule has 120 valence electrons. The number of rotatable bonds is 5. The highest BCUT2D eigenvalue weighted by atomic mass is 32.2. The molecule has 0 fully saturated rings. The lowest BCUT2D eigenvalue weighted by Gasteiger charge is -2.08. The lowest BCUT2D eigenvalue weighted by molar-refractivity contribution is -0.387. The summed E-state index contributed by atoms with van der Waals surface area (Å²) < 4.78 is 0. The summed E-state index contributed by atoms with van der Waals surface area (Å²) in [4.78, 5) is 24.0. The van der Waals surface area contributed by atoms with Gasteiger partial charge in [0.1, 0.15) is 6.33 Å². The van der Waals surface area contributed by atoms with Crippen LogP contribution < -0.4 is 5.32 Å². The molecule has 3 rings (SSSR count). The van der Waals surface area contributed by atoms with Crippen LogP contribution in [-0.2, 0) is 0 Å². The second-order valence-corrected chi connectivity index (χ2v) is 5.98. The zero-order valence-corrected chi connectivity index (χ0v) is 13.5. The molecule has 7 nitrogen and oxygen atoms in total. The molecule has 0 saturated heterocycles. The van der Waals surface area contributed by atoms with Gasteiger partial charge in [-0.1, -0.05) is 29.5 Å². The van der Waals surface area contributed by atoms with E-state index in [1.807, 2.05) is 31.2 Å². The number of nitrogens with one attached hydrogen (secondary N) is 1. The minimum atomic E-state index is -0.477. The first kappa shape index (κ1) is 15.9. The van der Waals surface area contributed by atoms with Crippen LogP contribution in [0.2, 0.25) is 0 Å². The van der Waals surface area contributed by atoms with E-state index >= 15 is 0 Å². The molecule has 0 unspecified atom stereocenters. The average molecular weight is 339 g/mol. The molecule has 0 aliphatic heterocycles. The Labute approximate surface area is 142 Å². The quantitative estimate of drug-likeness (QED) is 0.427. The second-order valence-electron chi connectivity index (χ2n) is 4.91. The maximum Gasteiger partial charge on any atom is 0.343 e. The highest BCUT2D eigenvalue weighted by Crippen LogP contribution is 2.37. The van der Waals surface area contributed by atoms with Crippen LogP contribution in [0.4, 0.5) is 17.2 Å². The van der Waals surface area contributed by atoms with E-state index in [-0.39, 0.29) is 16.5 Å². The summed E-state index contributed by atoms with van der Waals surface area (Å²) >= 11 is 1.23. The third kappa shape index (κ3) is 3.66. The van der Waals surface area contributed by atoms with Crippen molar-refractivity contribution in [3.8, 4) is 0 Å². The topological polar surface area (TPSA) is 93.8 Å². The van der Waals surface area contributed by atoms with E-state index in [0.29, 0.717) is 5.69 Å². The first-order valence-corrected chi connectivity index (χ1v) is 7.86. The Bertz CT molecular complexity index is 856. The predicted molar refractivity (Wildman–Crippen MR) is 91.5 cm³/mol. The van der Waals surface area contributed by atoms with Gasteiger partial charge in [0.15, 0.2) is 5.03 Å². The number of aromatic nitrogens is 3. The number of hydrogen-bond donors (Lipinski definition) is 1. The average Bonchev–Trinajstić information content (AvgIpc) is 2.58. The number of anilines is 2. The largest absolute Gasteiger partial charge is 0.343 e. The molecule has 2 heterocycles. The Morgan fingerprint density at radius 1 is 1.17 bits per heavy atom. The summed E-state index contributed by atoms with van der Waals surface area (Å²) in [6.07, 6.45) is 4.50. The monoisotopic (exact) mass is 339 g/mol. The van der Waals surface area contributed by atoms with Gasteiger partial charge >= 0.3 is 5.69 Å². The van der Waals surface area contributed by atoms with Crippen LogP contribution in [-0.4, -0.2) is 19.9 Å². The second kappa shape index (κ2) is 7.05. The van der Waals surface area contributed by atoms with Gasteiger partial charge in [0.25, 0.3) is 0 Å². The third-order valence-electron chi connectivity index (χ3n) is 3.13. The summed E-state index contributed by atoms with van der Waals surface area (Å²) in [5.74, 6) is 0.137. The molecule has 0 amide bonds. The molecule has 24 heavy (non-hydrogen) atoms. The molecule has 0 atom stereocenters. The fraction of sp³-hybridized carbons (Fsp3) is 0.0625. The van der Waals surface area contributed by atoms with Crippen LogP contribution >= 0.6 is 11.8 Å². The van der Waals surface area contributed by atoms with Gasteiger partial charge in [0.2, 0.25) is 5.82 Å². The number of aryl methyl sites for hydroxylation is 1. The molecule has 0 bridgehead atoms. The number of benzene rings is 1. The van der Waals surface area contributed by atoms with Crippen molar-refractivity contribution in [3.63, 3.8) is 0 Å². The van der Waals surface area contributed by atoms with Crippen LogP contribution in [0.25, 0.3) is 0 Å². The molecule has 2 aromatic heterocycles. The van der Waals surface area contributed by atoms with Crippen molar-refractivity contribution >= 4 is 29.0 Å². The maximum atomic E-state index is 11.5. The number of hydrogen-bond acceptors (Lipinski definition) is 7. The molecule has 1 aromatic carbocycles. The van der Waals surface area contributed by atoms with Crippen molar-refractivity contribution in [2.24, 2.45) is 0 Å². The Kier molecular flexibility index (Phi) is 4.66. The van der Waals surface area contributed by atoms with Gasteiger partial charge < -0.3 is 5.32 Å². The molecule has 3 aromatic rings. The Morgan fingerprint density at radius 2 is 1.96 bits per heavy atom. The molecular formula is C16H13N5O2S. The fourth-order valence-corrected chi connectivity index (χ4v) is 2.85. The van der Waals surface area contributed by atoms with Gasteiger partial charge in [-0.05, 0) is 31.2 Å². The van der Waals surface area contributed by atoms with E-state index in [4.69, 9.17) is 0 Å². The van der Waals surface area contributed by atoms with E-state index in [2.05, 4.69) is 20.3 Å². The molecule has 0 aliphatic rings. The van der Waals surface area contributed by atoms with Crippen molar-refractivity contribution in [2.75, 3.05) is 5.32 Å². The van der Waals surface area contributed by atoms with E-state index in [1.54, 1.807) is 24.5 Å². The minimum Gasteiger partial charge on any atom is -0.333 e. The van der Waals surface area contributed by atoms with Crippen molar-refractivity contribution < 1.29 is 4.92 Å². The van der Waals surface area contributed by atoms with Crippen LogP contribution in [0.15, 0.2) is 65.0 Å². The normalized spacial score (nSPS) is 10.4. The number of nitrogens with zero attached hydrogens (tertiary/aromatic N) is 4. The standard InChI is InChI=1S/C16H13N5O2S/c1-11-4-6-13(7-5-11)24-16-14(21(22)23)15(18-10-19-16)20-12-3-2-8-17-9-12/h2-10H,1H3,(H,18,19,20). The van der Waals surface area contributed by atoms with Gasteiger partial charge in [-0.2, -0.15) is 0 Å². The number of pyridine rings is 1. The molecular weight excluding hydrogens is 326 g/mol. The van der Waals surface area contributed by atoms with Crippen LogP contribution in [0.5, 0.6) is 0 Å². The van der Waals surface area contributed by atoms with E-state index in [0.717, 1.165) is 10.5 Å². The molecule has 0 spiro atoms. The lowest BCUT2D eigenvalue weighted by Crippen LogP contribution is -2.03. The summed E-state index contributed by atoms with van der Waals surface area (Å²) in [6, 6.07) is 11.2. The lowest BCUT2D eigenvalue weighted by atomic mass is 10.2. The molecule has 1 N–H and O–H groups in total. The van der Waals surface area contributed by atoms with Gasteiger partial charge in [-0.15, -0.1) is 0 Å². The van der Waals surface area contributed by atoms with Crippen molar-refractivity contribution in [1.82, 2.24) is 15.0 Å².